The average Bonchev–Trinajstić information content (AvgIpc) is 3.19. The quantitative estimate of drug-likeness (QED) is 0.405. The highest BCUT2D eigenvalue weighted by atomic mass is 16.3. The smallest absolute Gasteiger partial charge is 0.238 e. The Kier molecular flexibility index (Phi) is 7.69. The number of hydrogen-bond acceptors (Lipinski definition) is 7. The van der Waals surface area contributed by atoms with Crippen LogP contribution >= 0.6 is 0 Å². The number of aromatic nitrogens is 3. The molecule has 10 heteroatoms. The Morgan fingerprint density at radius 3 is 2.79 bits per heavy atom. The van der Waals surface area contributed by atoms with Crippen LogP contribution in [-0.2, 0) is 11.3 Å². The summed E-state index contributed by atoms with van der Waals surface area (Å²) in [6.07, 6.45) is 5.99. The van der Waals surface area contributed by atoms with Crippen LogP contribution in [0.1, 0.15) is 31.2 Å². The van der Waals surface area contributed by atoms with Gasteiger partial charge in [-0.3, -0.25) is 4.79 Å². The van der Waals surface area contributed by atoms with Crippen LogP contribution in [0.15, 0.2) is 36.5 Å². The Labute approximate surface area is 201 Å². The molecule has 1 aromatic carbocycles. The van der Waals surface area contributed by atoms with Gasteiger partial charge in [0, 0.05) is 43.7 Å². The van der Waals surface area contributed by atoms with Crippen LogP contribution < -0.4 is 21.0 Å². The van der Waals surface area contributed by atoms with Gasteiger partial charge in [0.15, 0.2) is 5.65 Å². The number of hydrogen-bond donors (Lipinski definition) is 3. The van der Waals surface area contributed by atoms with Gasteiger partial charge in [0.05, 0.1) is 6.54 Å². The van der Waals surface area contributed by atoms with Crippen molar-refractivity contribution in [2.24, 2.45) is 0 Å². The van der Waals surface area contributed by atoms with Gasteiger partial charge < -0.3 is 25.5 Å². The molecule has 1 fully saturated rings. The van der Waals surface area contributed by atoms with E-state index >= 15 is 0 Å². The molecule has 9 nitrogen and oxygen atoms in total. The van der Waals surface area contributed by atoms with E-state index in [-0.39, 0.29) is 12.5 Å². The van der Waals surface area contributed by atoms with Crippen molar-refractivity contribution < 1.29 is 9.90 Å². The molecule has 3 aromatic rings. The van der Waals surface area contributed by atoms with Crippen LogP contribution in [0.3, 0.4) is 0 Å². The molecule has 0 aliphatic carbocycles. The summed E-state index contributed by atoms with van der Waals surface area (Å²) in [7, 11) is 5.76. The van der Waals surface area contributed by atoms with Gasteiger partial charge in [0.2, 0.25) is 5.91 Å². The number of nitrogens with zero attached hydrogens (tertiary/aromatic N) is 5. The van der Waals surface area contributed by atoms with Crippen LogP contribution in [0.2, 0.25) is 0 Å². The molecule has 1 aliphatic rings. The van der Waals surface area contributed by atoms with Crippen molar-refractivity contribution in [1.82, 2.24) is 19.5 Å². The number of piperidine rings is 1. The molecule has 0 spiro atoms. The lowest BCUT2D eigenvalue weighted by Gasteiger charge is -2.36. The summed E-state index contributed by atoms with van der Waals surface area (Å²) in [4.78, 5) is 21.1. The van der Waals surface area contributed by atoms with Crippen LogP contribution in [-0.4, -0.2) is 78.2 Å². The van der Waals surface area contributed by atoms with E-state index in [1.54, 1.807) is 0 Å². The number of fused-ring (bicyclic) bond motifs is 1. The van der Waals surface area contributed by atoms with Gasteiger partial charge in [0.1, 0.15) is 19.5 Å². The first-order valence-electron chi connectivity index (χ1n) is 11.9. The highest BCUT2D eigenvalue weighted by molar-refractivity contribution is 6.36. The molecule has 1 unspecified atom stereocenters. The van der Waals surface area contributed by atoms with Gasteiger partial charge >= 0.3 is 0 Å². The summed E-state index contributed by atoms with van der Waals surface area (Å²) in [5, 5.41) is 20.5. The molecular weight excluding hydrogens is 429 g/mol. The Balaban J connectivity index is 1.51. The number of rotatable bonds is 9. The van der Waals surface area contributed by atoms with Gasteiger partial charge in [-0.25, -0.2) is 4.98 Å². The van der Waals surface area contributed by atoms with Gasteiger partial charge in [0.25, 0.3) is 0 Å². The summed E-state index contributed by atoms with van der Waals surface area (Å²) in [6, 6.07) is 10.2. The van der Waals surface area contributed by atoms with E-state index < -0.39 is 0 Å². The van der Waals surface area contributed by atoms with Crippen LogP contribution in [0.4, 0.5) is 17.3 Å². The molecule has 34 heavy (non-hydrogen) atoms. The predicted molar refractivity (Wildman–Crippen MR) is 139 cm³/mol. The summed E-state index contributed by atoms with van der Waals surface area (Å²) in [6.45, 7) is 2.10. The fourth-order valence-electron chi connectivity index (χ4n) is 4.47. The van der Waals surface area contributed by atoms with Crippen molar-refractivity contribution >= 4 is 42.2 Å². The van der Waals surface area contributed by atoms with E-state index in [4.69, 9.17) is 4.98 Å². The molecule has 1 amide bonds. The minimum Gasteiger partial charge on any atom is -0.396 e. The summed E-state index contributed by atoms with van der Waals surface area (Å²) < 4.78 is 1.85. The van der Waals surface area contributed by atoms with Crippen LogP contribution in [0.25, 0.3) is 5.65 Å². The van der Waals surface area contributed by atoms with E-state index in [1.807, 2.05) is 61.8 Å². The van der Waals surface area contributed by atoms with E-state index in [0.717, 1.165) is 59.8 Å². The molecule has 0 saturated carbocycles. The zero-order chi connectivity index (χ0) is 24.1. The maximum atomic E-state index is 12.0. The SMILES string of the molecule is Bc1cnn2c(NCc3ccc(NC(=O)CN(C)C)cc3)cc(N3CCCCC3CCO)nc12. The average molecular weight is 463 g/mol. The number of aliphatic hydroxyl groups is 1. The first-order valence-corrected chi connectivity index (χ1v) is 11.9. The van der Waals surface area contributed by atoms with E-state index in [0.29, 0.717) is 19.1 Å². The Morgan fingerprint density at radius 2 is 2.06 bits per heavy atom. The molecule has 0 radical (unpaired) electrons. The van der Waals surface area contributed by atoms with Gasteiger partial charge in [-0.05, 0) is 62.9 Å². The zero-order valence-corrected chi connectivity index (χ0v) is 20.3. The maximum Gasteiger partial charge on any atom is 0.238 e. The standard InChI is InChI=1S/C24H34BN7O2/c1-30(2)16-23(34)28-18-8-6-17(7-9-18)14-26-21-13-22(29-24-20(25)15-27-32(21)24)31-11-4-3-5-19(31)10-12-33/h6-9,13,15,19,26,33H,3-5,10-12,14,16,25H2,1-2H3,(H,28,34). The molecule has 4 rings (SSSR count). The van der Waals surface area contributed by atoms with Gasteiger partial charge in [-0.2, -0.15) is 9.61 Å². The normalized spacial score (nSPS) is 16.2. The van der Waals surface area contributed by atoms with Crippen molar-refractivity contribution in [3.63, 3.8) is 0 Å². The lowest BCUT2D eigenvalue weighted by Crippen LogP contribution is -2.40. The number of carbonyl (C=O) groups is 1. The second kappa shape index (κ2) is 10.9. The Bertz CT molecular complexity index is 1110. The summed E-state index contributed by atoms with van der Waals surface area (Å²) in [5.74, 6) is 1.77. The molecule has 1 atom stereocenters. The van der Waals surface area contributed by atoms with Crippen LogP contribution in [0, 0.1) is 0 Å². The third kappa shape index (κ3) is 5.68. The zero-order valence-electron chi connectivity index (χ0n) is 20.3. The number of likely N-dealkylation sites (N-methyl/N-ethyl adjacent to an activating group) is 1. The lowest BCUT2D eigenvalue weighted by atomic mass is 9.99. The Morgan fingerprint density at radius 1 is 1.26 bits per heavy atom. The van der Waals surface area contributed by atoms with Crippen LogP contribution in [0.5, 0.6) is 0 Å². The van der Waals surface area contributed by atoms with Gasteiger partial charge in [-0.1, -0.05) is 12.1 Å². The summed E-state index contributed by atoms with van der Waals surface area (Å²) >= 11 is 0. The monoisotopic (exact) mass is 463 g/mol. The first-order chi connectivity index (χ1) is 16.4. The minimum atomic E-state index is -0.0335. The summed E-state index contributed by atoms with van der Waals surface area (Å²) in [5.41, 5.74) is 3.75. The number of benzene rings is 1. The molecule has 180 valence electrons. The van der Waals surface area contributed by atoms with E-state index in [1.165, 1.54) is 6.42 Å². The van der Waals surface area contributed by atoms with Crippen molar-refractivity contribution in [3.05, 3.63) is 42.1 Å². The number of carbonyl (C=O) groups excluding carboxylic acids is 1. The van der Waals surface area contributed by atoms with E-state index in [9.17, 15) is 9.90 Å². The molecule has 3 heterocycles. The first kappa shape index (κ1) is 24.0. The molecular formula is C24H34BN7O2. The maximum absolute atomic E-state index is 12.0. The number of anilines is 3. The third-order valence-electron chi connectivity index (χ3n) is 6.19. The Hall–Kier alpha value is -3.11. The largest absolute Gasteiger partial charge is 0.396 e. The number of nitrogens with one attached hydrogen (secondary N) is 2. The fraction of sp³-hybridized carbons (Fsp3) is 0.458. The lowest BCUT2D eigenvalue weighted by molar-refractivity contribution is -0.116. The molecule has 2 aromatic heterocycles. The number of amides is 1. The third-order valence-corrected chi connectivity index (χ3v) is 6.19. The van der Waals surface area contributed by atoms with Crippen molar-refractivity contribution in [1.29, 1.82) is 0 Å². The van der Waals surface area contributed by atoms with Crippen molar-refractivity contribution in [2.45, 2.75) is 38.3 Å². The molecule has 1 saturated heterocycles. The molecule has 3 N–H and O–H groups in total. The minimum absolute atomic E-state index is 0.0335. The highest BCUT2D eigenvalue weighted by Gasteiger charge is 2.24. The van der Waals surface area contributed by atoms with E-state index in [2.05, 4.69) is 26.7 Å². The fourth-order valence-corrected chi connectivity index (χ4v) is 4.47. The second-order valence-corrected chi connectivity index (χ2v) is 9.25. The van der Waals surface area contributed by atoms with Gasteiger partial charge in [-0.15, -0.1) is 0 Å². The van der Waals surface area contributed by atoms with Crippen molar-refractivity contribution in [3.8, 4) is 0 Å². The van der Waals surface area contributed by atoms with Crippen molar-refractivity contribution in [2.75, 3.05) is 49.3 Å². The molecule has 1 aliphatic heterocycles. The molecule has 0 bridgehead atoms. The predicted octanol–water partition coefficient (Wildman–Crippen LogP) is 0.841. The topological polar surface area (TPSA) is 98.0 Å². The number of aliphatic hydroxyl groups excluding tert-OH is 1. The highest BCUT2D eigenvalue weighted by Crippen LogP contribution is 2.27. The second-order valence-electron chi connectivity index (χ2n) is 9.25.